The van der Waals surface area contributed by atoms with Crippen molar-refractivity contribution in [1.29, 1.82) is 0 Å². The second-order valence-electron chi connectivity index (χ2n) is 7.23. The van der Waals surface area contributed by atoms with E-state index in [4.69, 9.17) is 4.74 Å². The smallest absolute Gasteiger partial charge is 0.310 e. The van der Waals surface area contributed by atoms with Crippen molar-refractivity contribution in [3.05, 3.63) is 30.3 Å². The number of carbonyl (C=O) groups excluding carboxylic acids is 2. The zero-order valence-electron chi connectivity index (χ0n) is 15.2. The molecule has 1 fully saturated rings. The molecule has 0 spiro atoms. The van der Waals surface area contributed by atoms with Gasteiger partial charge in [0.2, 0.25) is 5.16 Å². The van der Waals surface area contributed by atoms with E-state index in [2.05, 4.69) is 29.0 Å². The summed E-state index contributed by atoms with van der Waals surface area (Å²) in [5.41, 5.74) is -0.103. The lowest BCUT2D eigenvalue weighted by Gasteiger charge is -2.20. The molecule has 1 saturated heterocycles. The molecule has 1 aliphatic heterocycles. The summed E-state index contributed by atoms with van der Waals surface area (Å²) in [5.74, 6) is 0.670. The van der Waals surface area contributed by atoms with Gasteiger partial charge in [0.05, 0.1) is 11.7 Å². The van der Waals surface area contributed by atoms with Gasteiger partial charge in [-0.1, -0.05) is 55.9 Å². The van der Waals surface area contributed by atoms with Crippen molar-refractivity contribution in [3.63, 3.8) is 0 Å². The van der Waals surface area contributed by atoms with Crippen LogP contribution in [-0.2, 0) is 14.3 Å². The molecule has 1 N–H and O–H groups in total. The van der Waals surface area contributed by atoms with E-state index in [0.29, 0.717) is 23.3 Å². The number of thioether (sulfide) groups is 1. The number of carbonyl (C=O) groups is 2. The molecule has 2 unspecified atom stereocenters. The highest BCUT2D eigenvalue weighted by Gasteiger charge is 2.48. The average molecular weight is 373 g/mol. The lowest BCUT2D eigenvalue weighted by molar-refractivity contribution is -0.156. The van der Waals surface area contributed by atoms with E-state index in [-0.39, 0.29) is 23.4 Å². The maximum absolute atomic E-state index is 12.6. The molecule has 0 bridgehead atoms. The number of nitrogens with one attached hydrogen (secondary N) is 1. The molecule has 3 rings (SSSR count). The number of rotatable bonds is 7. The minimum Gasteiger partial charge on any atom is -0.451 e. The first kappa shape index (κ1) is 18.6. The highest BCUT2D eigenvalue weighted by molar-refractivity contribution is 7.99. The standard InChI is InChI=1S/C19H23N3O3S/c1-12(2)9-14-10-19(3,25-17(14)24)15(23)11-26-18-20-16(21-22-18)13-7-5-4-6-8-13/h4-8,12,14H,9-11H2,1-3H3,(H,20,21,22). The second-order valence-corrected chi connectivity index (χ2v) is 8.17. The highest BCUT2D eigenvalue weighted by Crippen LogP contribution is 2.36. The largest absolute Gasteiger partial charge is 0.451 e. The topological polar surface area (TPSA) is 84.9 Å². The van der Waals surface area contributed by atoms with Crippen LogP contribution in [0, 0.1) is 11.8 Å². The third kappa shape index (κ3) is 4.15. The van der Waals surface area contributed by atoms with Gasteiger partial charge >= 0.3 is 5.97 Å². The summed E-state index contributed by atoms with van der Waals surface area (Å²) in [6.07, 6.45) is 1.20. The first-order valence-electron chi connectivity index (χ1n) is 8.74. The number of benzene rings is 1. The fourth-order valence-electron chi connectivity index (χ4n) is 3.14. The number of aromatic nitrogens is 3. The van der Waals surface area contributed by atoms with Crippen LogP contribution in [0.25, 0.3) is 11.4 Å². The number of hydrogen-bond donors (Lipinski definition) is 1. The third-order valence-electron chi connectivity index (χ3n) is 4.49. The monoisotopic (exact) mass is 373 g/mol. The van der Waals surface area contributed by atoms with Crippen LogP contribution in [0.5, 0.6) is 0 Å². The number of cyclic esters (lactones) is 1. The Kier molecular flexibility index (Phi) is 5.46. The lowest BCUT2D eigenvalue weighted by atomic mass is 9.88. The van der Waals surface area contributed by atoms with Gasteiger partial charge in [-0.05, 0) is 19.3 Å². The fourth-order valence-corrected chi connectivity index (χ4v) is 3.97. The minimum absolute atomic E-state index is 0.104. The Hall–Kier alpha value is -2.15. The Morgan fingerprint density at radius 2 is 2.12 bits per heavy atom. The Balaban J connectivity index is 1.59. The van der Waals surface area contributed by atoms with Crippen molar-refractivity contribution in [2.45, 2.75) is 44.4 Å². The van der Waals surface area contributed by atoms with E-state index in [1.165, 1.54) is 11.8 Å². The molecule has 7 heteroatoms. The summed E-state index contributed by atoms with van der Waals surface area (Å²) in [7, 11) is 0. The van der Waals surface area contributed by atoms with Crippen LogP contribution < -0.4 is 0 Å². The summed E-state index contributed by atoms with van der Waals surface area (Å²) < 4.78 is 5.44. The van der Waals surface area contributed by atoms with Crippen LogP contribution >= 0.6 is 11.8 Å². The molecule has 138 valence electrons. The molecule has 1 aromatic heterocycles. The van der Waals surface area contributed by atoms with Gasteiger partial charge in [-0.25, -0.2) is 4.98 Å². The van der Waals surface area contributed by atoms with Crippen LogP contribution in [0.3, 0.4) is 0 Å². The van der Waals surface area contributed by atoms with Gasteiger partial charge in [-0.15, -0.1) is 5.10 Å². The number of hydrogen-bond acceptors (Lipinski definition) is 6. The highest BCUT2D eigenvalue weighted by atomic mass is 32.2. The van der Waals surface area contributed by atoms with Gasteiger partial charge in [0, 0.05) is 12.0 Å². The van der Waals surface area contributed by atoms with Crippen LogP contribution in [-0.4, -0.2) is 38.3 Å². The number of ketones is 1. The molecule has 1 aromatic carbocycles. The molecule has 1 aliphatic rings. The molecule has 2 atom stereocenters. The summed E-state index contributed by atoms with van der Waals surface area (Å²) in [6.45, 7) is 5.84. The van der Waals surface area contributed by atoms with E-state index in [1.807, 2.05) is 30.3 Å². The zero-order chi connectivity index (χ0) is 18.7. The number of nitrogens with zero attached hydrogens (tertiary/aromatic N) is 2. The normalized spacial score (nSPS) is 22.6. The van der Waals surface area contributed by atoms with Crippen molar-refractivity contribution in [2.75, 3.05) is 5.75 Å². The van der Waals surface area contributed by atoms with E-state index in [1.54, 1.807) is 6.92 Å². The lowest BCUT2D eigenvalue weighted by Crippen LogP contribution is -2.36. The van der Waals surface area contributed by atoms with E-state index >= 15 is 0 Å². The Morgan fingerprint density at radius 3 is 2.81 bits per heavy atom. The maximum Gasteiger partial charge on any atom is 0.310 e. The van der Waals surface area contributed by atoms with E-state index in [9.17, 15) is 9.59 Å². The maximum atomic E-state index is 12.6. The molecular weight excluding hydrogens is 350 g/mol. The SMILES string of the molecule is CC(C)CC1CC(C)(C(=O)CSc2n[nH]c(-c3ccccc3)n2)OC1=O. The first-order valence-corrected chi connectivity index (χ1v) is 9.73. The second kappa shape index (κ2) is 7.61. The molecule has 0 aliphatic carbocycles. The van der Waals surface area contributed by atoms with Crippen LogP contribution in [0.4, 0.5) is 0 Å². The van der Waals surface area contributed by atoms with Crippen LogP contribution in [0.1, 0.15) is 33.6 Å². The van der Waals surface area contributed by atoms with Gasteiger partial charge < -0.3 is 4.74 Å². The minimum atomic E-state index is -1.04. The van der Waals surface area contributed by atoms with E-state index in [0.717, 1.165) is 12.0 Å². The van der Waals surface area contributed by atoms with Gasteiger partial charge in [0.15, 0.2) is 17.2 Å². The van der Waals surface area contributed by atoms with Gasteiger partial charge in [0.1, 0.15) is 0 Å². The van der Waals surface area contributed by atoms with Crippen molar-refractivity contribution in [3.8, 4) is 11.4 Å². The van der Waals surface area contributed by atoms with Gasteiger partial charge in [-0.3, -0.25) is 14.7 Å². The zero-order valence-corrected chi connectivity index (χ0v) is 16.0. The third-order valence-corrected chi connectivity index (χ3v) is 5.33. The fraction of sp³-hybridized carbons (Fsp3) is 0.474. The molecule has 0 radical (unpaired) electrons. The number of Topliss-reactive ketones (excluding diaryl/α,β-unsaturated/α-hetero) is 1. The molecule has 2 heterocycles. The number of H-pyrrole nitrogens is 1. The van der Waals surface area contributed by atoms with Crippen molar-refractivity contribution in [1.82, 2.24) is 15.2 Å². The molecule has 0 saturated carbocycles. The summed E-state index contributed by atoms with van der Waals surface area (Å²) >= 11 is 1.25. The van der Waals surface area contributed by atoms with Crippen LogP contribution in [0.15, 0.2) is 35.5 Å². The quantitative estimate of drug-likeness (QED) is 0.591. The van der Waals surface area contributed by atoms with Crippen molar-refractivity contribution >= 4 is 23.5 Å². The van der Waals surface area contributed by atoms with Gasteiger partial charge in [-0.2, -0.15) is 0 Å². The molecule has 26 heavy (non-hydrogen) atoms. The van der Waals surface area contributed by atoms with Crippen molar-refractivity contribution < 1.29 is 14.3 Å². The molecule has 0 amide bonds. The van der Waals surface area contributed by atoms with Crippen molar-refractivity contribution in [2.24, 2.45) is 11.8 Å². The summed E-state index contributed by atoms with van der Waals surface area (Å²) in [4.78, 5) is 29.1. The predicted octanol–water partition coefficient (Wildman–Crippen LogP) is 3.50. The van der Waals surface area contributed by atoms with E-state index < -0.39 is 5.60 Å². The average Bonchev–Trinajstić information content (AvgIpc) is 3.18. The Labute approximate surface area is 157 Å². The molecule has 6 nitrogen and oxygen atoms in total. The Bertz CT molecular complexity index is 790. The summed E-state index contributed by atoms with van der Waals surface area (Å²) in [5, 5.41) is 7.54. The van der Waals surface area contributed by atoms with Gasteiger partial charge in [0.25, 0.3) is 0 Å². The number of aromatic amines is 1. The molecular formula is C19H23N3O3S. The number of esters is 1. The predicted molar refractivity (Wildman–Crippen MR) is 99.6 cm³/mol. The molecule has 2 aromatic rings. The Morgan fingerprint density at radius 1 is 1.38 bits per heavy atom. The van der Waals surface area contributed by atoms with Crippen LogP contribution in [0.2, 0.25) is 0 Å². The first-order chi connectivity index (χ1) is 12.4. The number of ether oxygens (including phenoxy) is 1. The summed E-state index contributed by atoms with van der Waals surface area (Å²) in [6, 6.07) is 9.67.